The highest BCUT2D eigenvalue weighted by atomic mass is 19.4. The molecule has 172 valence electrons. The van der Waals surface area contributed by atoms with Gasteiger partial charge < -0.3 is 9.47 Å². The number of hydrogen-bond donors (Lipinski definition) is 0. The minimum absolute atomic E-state index is 0.147. The number of ether oxygens (including phenoxy) is 2. The Kier molecular flexibility index (Phi) is 9.75. The number of benzene rings is 2. The highest BCUT2D eigenvalue weighted by Gasteiger charge is 2.32. The molecule has 7 heteroatoms. The third kappa shape index (κ3) is 10.6. The molecule has 0 radical (unpaired) electrons. The van der Waals surface area contributed by atoms with Crippen molar-refractivity contribution in [1.82, 2.24) is 0 Å². The summed E-state index contributed by atoms with van der Waals surface area (Å²) in [4.78, 5) is 0. The van der Waals surface area contributed by atoms with Crippen molar-refractivity contribution in [3.63, 3.8) is 0 Å². The molecule has 0 amide bonds. The SMILES string of the molecule is CCCCCCCCc1ccc(COC(F)(F)Cc2ccc(OC(F)(F)F)cc2)cc1. The summed E-state index contributed by atoms with van der Waals surface area (Å²) in [5.74, 6) is -0.457. The molecule has 0 unspecified atom stereocenters. The van der Waals surface area contributed by atoms with Crippen molar-refractivity contribution in [2.75, 3.05) is 0 Å². The summed E-state index contributed by atoms with van der Waals surface area (Å²) in [5.41, 5.74) is 1.96. The van der Waals surface area contributed by atoms with Gasteiger partial charge in [0.25, 0.3) is 0 Å². The predicted molar refractivity (Wildman–Crippen MR) is 110 cm³/mol. The minimum Gasteiger partial charge on any atom is -0.406 e. The second kappa shape index (κ2) is 12.0. The van der Waals surface area contributed by atoms with Crippen LogP contribution in [0.2, 0.25) is 0 Å². The first-order valence-corrected chi connectivity index (χ1v) is 10.6. The van der Waals surface area contributed by atoms with Gasteiger partial charge in [-0.3, -0.25) is 0 Å². The van der Waals surface area contributed by atoms with Crippen molar-refractivity contribution in [2.45, 2.75) is 77.4 Å². The molecule has 2 nitrogen and oxygen atoms in total. The number of alkyl halides is 5. The van der Waals surface area contributed by atoms with Crippen LogP contribution in [0.4, 0.5) is 22.0 Å². The number of hydrogen-bond acceptors (Lipinski definition) is 2. The predicted octanol–water partition coefficient (Wildman–Crippen LogP) is 7.84. The highest BCUT2D eigenvalue weighted by Crippen LogP contribution is 2.27. The lowest BCUT2D eigenvalue weighted by Gasteiger charge is -2.17. The summed E-state index contributed by atoms with van der Waals surface area (Å²) in [5, 5.41) is 0. The normalized spacial score (nSPS) is 12.2. The minimum atomic E-state index is -4.82. The molecule has 0 atom stereocenters. The fourth-order valence-corrected chi connectivity index (χ4v) is 3.20. The van der Waals surface area contributed by atoms with Crippen LogP contribution in [0, 0.1) is 0 Å². The van der Waals surface area contributed by atoms with Gasteiger partial charge in [-0.25, -0.2) is 0 Å². The lowest BCUT2D eigenvalue weighted by atomic mass is 10.0. The first-order chi connectivity index (χ1) is 14.7. The van der Waals surface area contributed by atoms with Gasteiger partial charge in [-0.05, 0) is 41.7 Å². The molecule has 31 heavy (non-hydrogen) atoms. The maximum atomic E-state index is 14.1. The first kappa shape index (κ1) is 25.1. The fraction of sp³-hybridized carbons (Fsp3) is 0.500. The summed E-state index contributed by atoms with van der Waals surface area (Å²) in [6.45, 7) is 1.94. The van der Waals surface area contributed by atoms with Crippen LogP contribution in [0.1, 0.15) is 62.1 Å². The van der Waals surface area contributed by atoms with Crippen LogP contribution in [0.25, 0.3) is 0 Å². The van der Waals surface area contributed by atoms with E-state index in [2.05, 4.69) is 11.7 Å². The van der Waals surface area contributed by atoms with E-state index in [4.69, 9.17) is 4.74 Å². The van der Waals surface area contributed by atoms with Gasteiger partial charge in [-0.2, -0.15) is 8.78 Å². The number of aryl methyl sites for hydroxylation is 1. The van der Waals surface area contributed by atoms with Gasteiger partial charge in [0.15, 0.2) is 0 Å². The molecular formula is C24H29F5O2. The molecule has 0 heterocycles. The zero-order valence-corrected chi connectivity index (χ0v) is 17.7. The molecule has 2 aromatic carbocycles. The van der Waals surface area contributed by atoms with Crippen LogP contribution in [0.15, 0.2) is 48.5 Å². The number of halogens is 5. The molecule has 0 fully saturated rings. The zero-order chi connectivity index (χ0) is 22.7. The second-order valence-corrected chi connectivity index (χ2v) is 7.63. The Bertz CT molecular complexity index is 755. The maximum Gasteiger partial charge on any atom is 0.573 e. The van der Waals surface area contributed by atoms with Crippen molar-refractivity contribution in [1.29, 1.82) is 0 Å². The Morgan fingerprint density at radius 3 is 1.84 bits per heavy atom. The molecule has 2 aromatic rings. The van der Waals surface area contributed by atoms with E-state index in [9.17, 15) is 22.0 Å². The Hall–Kier alpha value is -2.15. The van der Waals surface area contributed by atoms with Crippen LogP contribution in [0.5, 0.6) is 5.75 Å². The van der Waals surface area contributed by atoms with Crippen LogP contribution in [0.3, 0.4) is 0 Å². The molecule has 0 spiro atoms. The maximum absolute atomic E-state index is 14.1. The monoisotopic (exact) mass is 444 g/mol. The summed E-state index contributed by atoms with van der Waals surface area (Å²) < 4.78 is 73.2. The van der Waals surface area contributed by atoms with Gasteiger partial charge >= 0.3 is 12.5 Å². The number of unbranched alkanes of at least 4 members (excludes halogenated alkanes) is 5. The molecule has 0 saturated carbocycles. The van der Waals surface area contributed by atoms with Crippen LogP contribution in [-0.2, 0) is 24.2 Å². The first-order valence-electron chi connectivity index (χ1n) is 10.6. The van der Waals surface area contributed by atoms with Crippen LogP contribution in [-0.4, -0.2) is 12.5 Å². The molecule has 0 N–H and O–H groups in total. The van der Waals surface area contributed by atoms with E-state index in [1.807, 2.05) is 12.1 Å². The van der Waals surface area contributed by atoms with Crippen LogP contribution >= 0.6 is 0 Å². The highest BCUT2D eigenvalue weighted by molar-refractivity contribution is 5.28. The summed E-state index contributed by atoms with van der Waals surface area (Å²) in [7, 11) is 0. The molecule has 0 bridgehead atoms. The average molecular weight is 444 g/mol. The molecule has 0 aromatic heterocycles. The summed E-state index contributed by atoms with van der Waals surface area (Å²) in [6.07, 6.45) is -0.706. The third-order valence-corrected chi connectivity index (χ3v) is 4.86. The van der Waals surface area contributed by atoms with E-state index in [1.165, 1.54) is 37.7 Å². The van der Waals surface area contributed by atoms with E-state index in [1.54, 1.807) is 12.1 Å². The Balaban J connectivity index is 1.75. The smallest absolute Gasteiger partial charge is 0.406 e. The fourth-order valence-electron chi connectivity index (χ4n) is 3.20. The lowest BCUT2D eigenvalue weighted by molar-refractivity contribution is -0.274. The quantitative estimate of drug-likeness (QED) is 0.231. The van der Waals surface area contributed by atoms with Gasteiger partial charge in [0.1, 0.15) is 5.75 Å². The Morgan fingerprint density at radius 2 is 1.23 bits per heavy atom. The van der Waals surface area contributed by atoms with Gasteiger partial charge in [0, 0.05) is 0 Å². The lowest BCUT2D eigenvalue weighted by Crippen LogP contribution is -2.23. The topological polar surface area (TPSA) is 18.5 Å². The van der Waals surface area contributed by atoms with E-state index in [-0.39, 0.29) is 12.2 Å². The van der Waals surface area contributed by atoms with E-state index >= 15 is 0 Å². The standard InChI is InChI=1S/C24H29F5O2/c1-2-3-4-5-6-7-8-19-9-11-21(12-10-19)18-30-23(25,26)17-20-13-15-22(16-14-20)31-24(27,28)29/h9-16H,2-8,17-18H2,1H3. The second-order valence-electron chi connectivity index (χ2n) is 7.63. The molecule has 0 saturated heterocycles. The van der Waals surface area contributed by atoms with Crippen molar-refractivity contribution in [3.05, 3.63) is 65.2 Å². The van der Waals surface area contributed by atoms with E-state index in [0.29, 0.717) is 5.56 Å². The van der Waals surface area contributed by atoms with Crippen LogP contribution < -0.4 is 4.74 Å². The van der Waals surface area contributed by atoms with Gasteiger partial charge in [0.2, 0.25) is 0 Å². The van der Waals surface area contributed by atoms with E-state index in [0.717, 1.165) is 37.1 Å². The largest absolute Gasteiger partial charge is 0.573 e. The van der Waals surface area contributed by atoms with Gasteiger partial charge in [0.05, 0.1) is 13.0 Å². The van der Waals surface area contributed by atoms with E-state index < -0.39 is 24.6 Å². The Morgan fingerprint density at radius 1 is 0.677 bits per heavy atom. The number of rotatable bonds is 13. The Labute approximate surface area is 180 Å². The zero-order valence-electron chi connectivity index (χ0n) is 17.7. The summed E-state index contributed by atoms with van der Waals surface area (Å²) >= 11 is 0. The third-order valence-electron chi connectivity index (χ3n) is 4.86. The van der Waals surface area contributed by atoms with Gasteiger partial charge in [-0.15, -0.1) is 13.2 Å². The molecule has 0 aliphatic rings. The molecule has 0 aliphatic heterocycles. The summed E-state index contributed by atoms with van der Waals surface area (Å²) in [6, 6.07) is 11.8. The van der Waals surface area contributed by atoms with Crippen molar-refractivity contribution >= 4 is 0 Å². The van der Waals surface area contributed by atoms with Crippen molar-refractivity contribution in [2.24, 2.45) is 0 Å². The molecule has 2 rings (SSSR count). The molecular weight excluding hydrogens is 415 g/mol. The van der Waals surface area contributed by atoms with Crippen molar-refractivity contribution < 1.29 is 31.4 Å². The molecule has 0 aliphatic carbocycles. The van der Waals surface area contributed by atoms with Gasteiger partial charge in [-0.1, -0.05) is 75.4 Å². The average Bonchev–Trinajstić information content (AvgIpc) is 2.70. The van der Waals surface area contributed by atoms with Crippen molar-refractivity contribution in [3.8, 4) is 5.75 Å².